The summed E-state index contributed by atoms with van der Waals surface area (Å²) in [7, 11) is 0. The number of fused-ring (bicyclic) bond motifs is 1. The van der Waals surface area contributed by atoms with Gasteiger partial charge in [0.2, 0.25) is 5.91 Å². The normalized spacial score (nSPS) is 19.9. The average Bonchev–Trinajstić information content (AvgIpc) is 2.53. The molecule has 3 rings (SSSR count). The first-order valence-electron chi connectivity index (χ1n) is 7.20. The molecule has 1 fully saturated rings. The van der Waals surface area contributed by atoms with Crippen LogP contribution >= 0.6 is 11.8 Å². The topological polar surface area (TPSA) is 29.5 Å². The Bertz CT molecular complexity index is 570. The van der Waals surface area contributed by atoms with Crippen LogP contribution in [0.25, 0.3) is 0 Å². The number of amides is 1. The lowest BCUT2D eigenvalue weighted by Gasteiger charge is -2.33. The van der Waals surface area contributed by atoms with Crippen LogP contribution in [-0.4, -0.2) is 31.4 Å². The number of benzene rings is 1. The SMILES string of the molecule is O=C(C1CCOCC1)N1CCSc2ccc(C(F)(F)F)cc21. The van der Waals surface area contributed by atoms with E-state index in [1.54, 1.807) is 0 Å². The lowest BCUT2D eigenvalue weighted by molar-refractivity contribution is -0.137. The zero-order chi connectivity index (χ0) is 15.7. The minimum atomic E-state index is -4.40. The predicted molar refractivity (Wildman–Crippen MR) is 78.1 cm³/mol. The molecule has 0 saturated carbocycles. The van der Waals surface area contributed by atoms with Crippen LogP contribution in [-0.2, 0) is 15.7 Å². The summed E-state index contributed by atoms with van der Waals surface area (Å²) in [6.07, 6.45) is -3.13. The molecule has 0 bridgehead atoms. The standard InChI is InChI=1S/C15H16F3NO2S/c16-15(17,18)11-1-2-13-12(9-11)19(5-8-22-13)14(20)10-3-6-21-7-4-10/h1-2,9-10H,3-8H2. The van der Waals surface area contributed by atoms with Crippen molar-refractivity contribution in [3.8, 4) is 0 Å². The highest BCUT2D eigenvalue weighted by Gasteiger charge is 2.35. The van der Waals surface area contributed by atoms with Gasteiger partial charge in [-0.1, -0.05) is 0 Å². The van der Waals surface area contributed by atoms with Crippen molar-refractivity contribution in [3.05, 3.63) is 23.8 Å². The molecule has 1 saturated heterocycles. The summed E-state index contributed by atoms with van der Waals surface area (Å²) < 4.78 is 44.0. The Labute approximate surface area is 130 Å². The maximum Gasteiger partial charge on any atom is 0.416 e. The van der Waals surface area contributed by atoms with Gasteiger partial charge in [-0.05, 0) is 31.0 Å². The minimum Gasteiger partial charge on any atom is -0.381 e. The number of anilines is 1. The summed E-state index contributed by atoms with van der Waals surface area (Å²) in [5.74, 6) is 0.469. The minimum absolute atomic E-state index is 0.0795. The van der Waals surface area contributed by atoms with Crippen molar-refractivity contribution in [1.82, 2.24) is 0 Å². The molecule has 7 heteroatoms. The monoisotopic (exact) mass is 331 g/mol. The zero-order valence-electron chi connectivity index (χ0n) is 11.9. The third kappa shape index (κ3) is 3.10. The lowest BCUT2D eigenvalue weighted by atomic mass is 9.98. The molecule has 120 valence electrons. The number of hydrogen-bond acceptors (Lipinski definition) is 3. The van der Waals surface area contributed by atoms with Crippen molar-refractivity contribution < 1.29 is 22.7 Å². The summed E-state index contributed by atoms with van der Waals surface area (Å²) in [5, 5.41) is 0. The fourth-order valence-electron chi connectivity index (χ4n) is 2.79. The first-order valence-corrected chi connectivity index (χ1v) is 8.18. The van der Waals surface area contributed by atoms with Crippen molar-refractivity contribution in [1.29, 1.82) is 0 Å². The molecule has 0 atom stereocenters. The van der Waals surface area contributed by atoms with Gasteiger partial charge in [-0.15, -0.1) is 11.8 Å². The van der Waals surface area contributed by atoms with E-state index in [4.69, 9.17) is 4.74 Å². The maximum atomic E-state index is 12.9. The molecule has 0 aromatic heterocycles. The number of rotatable bonds is 1. The van der Waals surface area contributed by atoms with E-state index in [-0.39, 0.29) is 11.8 Å². The van der Waals surface area contributed by atoms with Crippen molar-refractivity contribution in [2.45, 2.75) is 23.9 Å². The van der Waals surface area contributed by atoms with Gasteiger partial charge in [0.1, 0.15) is 0 Å². The van der Waals surface area contributed by atoms with Crippen LogP contribution in [0.2, 0.25) is 0 Å². The molecule has 0 spiro atoms. The van der Waals surface area contributed by atoms with E-state index in [1.807, 2.05) is 0 Å². The summed E-state index contributed by atoms with van der Waals surface area (Å²) in [6, 6.07) is 3.64. The van der Waals surface area contributed by atoms with Crippen LogP contribution in [0, 0.1) is 5.92 Å². The zero-order valence-corrected chi connectivity index (χ0v) is 12.7. The molecular weight excluding hydrogens is 315 g/mol. The average molecular weight is 331 g/mol. The van der Waals surface area contributed by atoms with Gasteiger partial charge in [-0.2, -0.15) is 13.2 Å². The van der Waals surface area contributed by atoms with E-state index in [1.165, 1.54) is 22.7 Å². The van der Waals surface area contributed by atoms with Gasteiger partial charge >= 0.3 is 6.18 Å². The molecule has 2 aliphatic heterocycles. The van der Waals surface area contributed by atoms with Crippen LogP contribution in [0.15, 0.2) is 23.1 Å². The summed E-state index contributed by atoms with van der Waals surface area (Å²) in [4.78, 5) is 14.9. The van der Waals surface area contributed by atoms with E-state index < -0.39 is 11.7 Å². The number of thioether (sulfide) groups is 1. The number of hydrogen-bond donors (Lipinski definition) is 0. The van der Waals surface area contributed by atoms with Crippen molar-refractivity contribution in [2.24, 2.45) is 5.92 Å². The van der Waals surface area contributed by atoms with Crippen LogP contribution in [0.4, 0.5) is 18.9 Å². The molecule has 0 N–H and O–H groups in total. The Morgan fingerprint density at radius 3 is 2.68 bits per heavy atom. The summed E-state index contributed by atoms with van der Waals surface area (Å²) in [6.45, 7) is 1.53. The highest BCUT2D eigenvalue weighted by Crippen LogP contribution is 2.40. The summed E-state index contributed by atoms with van der Waals surface area (Å²) >= 11 is 1.49. The van der Waals surface area contributed by atoms with Crippen LogP contribution < -0.4 is 4.90 Å². The fourth-order valence-corrected chi connectivity index (χ4v) is 3.76. The molecule has 2 heterocycles. The van der Waals surface area contributed by atoms with Crippen LogP contribution in [0.3, 0.4) is 0 Å². The smallest absolute Gasteiger partial charge is 0.381 e. The first kappa shape index (κ1) is 15.7. The van der Waals surface area contributed by atoms with Crippen LogP contribution in [0.5, 0.6) is 0 Å². The van der Waals surface area contributed by atoms with Crippen molar-refractivity contribution in [2.75, 3.05) is 30.4 Å². The second-order valence-electron chi connectivity index (χ2n) is 5.41. The Morgan fingerprint density at radius 2 is 2.00 bits per heavy atom. The number of carbonyl (C=O) groups excluding carboxylic acids is 1. The Morgan fingerprint density at radius 1 is 1.27 bits per heavy atom. The van der Waals surface area contributed by atoms with E-state index >= 15 is 0 Å². The molecule has 1 amide bonds. The quantitative estimate of drug-likeness (QED) is 0.788. The largest absolute Gasteiger partial charge is 0.416 e. The molecule has 0 radical (unpaired) electrons. The molecule has 1 aromatic rings. The van der Waals surface area contributed by atoms with Gasteiger partial charge in [0.05, 0.1) is 11.3 Å². The van der Waals surface area contributed by atoms with Gasteiger partial charge in [-0.3, -0.25) is 4.79 Å². The lowest BCUT2D eigenvalue weighted by Crippen LogP contribution is -2.41. The molecule has 2 aliphatic rings. The van der Waals surface area contributed by atoms with E-state index in [9.17, 15) is 18.0 Å². The number of alkyl halides is 3. The van der Waals surface area contributed by atoms with Crippen LogP contribution in [0.1, 0.15) is 18.4 Å². The third-order valence-electron chi connectivity index (χ3n) is 3.99. The number of ether oxygens (including phenoxy) is 1. The van der Waals surface area contributed by atoms with E-state index in [2.05, 4.69) is 0 Å². The maximum absolute atomic E-state index is 12.9. The Hall–Kier alpha value is -1.21. The fraction of sp³-hybridized carbons (Fsp3) is 0.533. The van der Waals surface area contributed by atoms with E-state index in [0.29, 0.717) is 44.0 Å². The van der Waals surface area contributed by atoms with E-state index in [0.717, 1.165) is 17.0 Å². The molecule has 0 unspecified atom stereocenters. The third-order valence-corrected chi connectivity index (χ3v) is 5.03. The van der Waals surface area contributed by atoms with Crippen molar-refractivity contribution in [3.63, 3.8) is 0 Å². The summed E-state index contributed by atoms with van der Waals surface area (Å²) in [5.41, 5.74) is -0.318. The van der Waals surface area contributed by atoms with Gasteiger partial charge in [-0.25, -0.2) is 0 Å². The Balaban J connectivity index is 1.90. The first-order chi connectivity index (χ1) is 10.5. The molecule has 3 nitrogen and oxygen atoms in total. The Kier molecular flexibility index (Phi) is 4.36. The number of nitrogens with zero attached hydrogens (tertiary/aromatic N) is 1. The second-order valence-corrected chi connectivity index (χ2v) is 6.54. The van der Waals surface area contributed by atoms with Gasteiger partial charge in [0, 0.05) is 36.3 Å². The molecular formula is C15H16F3NO2S. The highest BCUT2D eigenvalue weighted by atomic mass is 32.2. The van der Waals surface area contributed by atoms with Gasteiger partial charge in [0.25, 0.3) is 0 Å². The molecule has 1 aromatic carbocycles. The molecule has 22 heavy (non-hydrogen) atoms. The number of halogens is 3. The second kappa shape index (κ2) is 6.12. The van der Waals surface area contributed by atoms with Crippen molar-refractivity contribution >= 4 is 23.4 Å². The molecule has 0 aliphatic carbocycles. The number of carbonyl (C=O) groups is 1. The highest BCUT2D eigenvalue weighted by molar-refractivity contribution is 7.99. The van der Waals surface area contributed by atoms with Gasteiger partial charge in [0.15, 0.2) is 0 Å². The van der Waals surface area contributed by atoms with Gasteiger partial charge < -0.3 is 9.64 Å². The predicted octanol–water partition coefficient (Wildman–Crippen LogP) is 3.57.